The molecule has 0 radical (unpaired) electrons. The van der Waals surface area contributed by atoms with E-state index in [9.17, 15) is 18.0 Å². The fourth-order valence-corrected chi connectivity index (χ4v) is 5.07. The molecule has 1 saturated heterocycles. The van der Waals surface area contributed by atoms with Crippen LogP contribution in [0.1, 0.15) is 34.0 Å². The van der Waals surface area contributed by atoms with Gasteiger partial charge >= 0.3 is 6.09 Å². The van der Waals surface area contributed by atoms with Crippen LogP contribution in [-0.4, -0.2) is 63.0 Å². The van der Waals surface area contributed by atoms with Gasteiger partial charge in [-0.1, -0.05) is 12.1 Å². The van der Waals surface area contributed by atoms with Crippen molar-refractivity contribution < 1.29 is 22.7 Å². The minimum absolute atomic E-state index is 0.0627. The molecule has 0 saturated carbocycles. The minimum atomic E-state index is -3.88. The Morgan fingerprint density at radius 1 is 0.938 bits per heavy atom. The third-order valence-corrected chi connectivity index (χ3v) is 6.81. The summed E-state index contributed by atoms with van der Waals surface area (Å²) in [5.41, 5.74) is 3.22. The Balaban J connectivity index is 1.78. The molecule has 172 valence electrons. The van der Waals surface area contributed by atoms with Crippen molar-refractivity contribution in [2.24, 2.45) is 0 Å². The van der Waals surface area contributed by atoms with Gasteiger partial charge in [0, 0.05) is 37.4 Å². The van der Waals surface area contributed by atoms with Gasteiger partial charge in [0.1, 0.15) is 0 Å². The second-order valence-corrected chi connectivity index (χ2v) is 9.59. The number of nitrogens with one attached hydrogen (secondary N) is 1. The Hall–Kier alpha value is -3.07. The van der Waals surface area contributed by atoms with Crippen molar-refractivity contribution >= 4 is 27.7 Å². The number of benzene rings is 2. The first kappa shape index (κ1) is 23.6. The van der Waals surface area contributed by atoms with Crippen LogP contribution in [-0.2, 0) is 14.8 Å². The lowest BCUT2D eigenvalue weighted by atomic mass is 10.1. The van der Waals surface area contributed by atoms with Gasteiger partial charge in [0.25, 0.3) is 15.9 Å². The number of nitrogens with zero attached hydrogens (tertiary/aromatic N) is 2. The van der Waals surface area contributed by atoms with E-state index >= 15 is 0 Å². The van der Waals surface area contributed by atoms with Gasteiger partial charge in [-0.3, -0.25) is 9.52 Å². The molecule has 0 aliphatic carbocycles. The lowest BCUT2D eigenvalue weighted by Crippen LogP contribution is -2.50. The maximum Gasteiger partial charge on any atom is 0.409 e. The average molecular weight is 460 g/mol. The molecule has 1 aliphatic rings. The summed E-state index contributed by atoms with van der Waals surface area (Å²) in [7, 11) is -3.88. The summed E-state index contributed by atoms with van der Waals surface area (Å²) in [6, 6.07) is 10.2. The summed E-state index contributed by atoms with van der Waals surface area (Å²) < 4.78 is 33.8. The lowest BCUT2D eigenvalue weighted by Gasteiger charge is -2.34. The van der Waals surface area contributed by atoms with Crippen molar-refractivity contribution in [3.8, 4) is 0 Å². The van der Waals surface area contributed by atoms with Crippen LogP contribution in [0.2, 0.25) is 0 Å². The highest BCUT2D eigenvalue weighted by Gasteiger charge is 2.27. The van der Waals surface area contributed by atoms with Crippen molar-refractivity contribution in [1.29, 1.82) is 0 Å². The highest BCUT2D eigenvalue weighted by molar-refractivity contribution is 7.92. The van der Waals surface area contributed by atoms with Crippen molar-refractivity contribution in [3.63, 3.8) is 0 Å². The van der Waals surface area contributed by atoms with Gasteiger partial charge in [-0.2, -0.15) is 0 Å². The number of amides is 2. The smallest absolute Gasteiger partial charge is 0.409 e. The van der Waals surface area contributed by atoms with E-state index in [0.717, 1.165) is 11.1 Å². The Bertz CT molecular complexity index is 1100. The Morgan fingerprint density at radius 2 is 1.53 bits per heavy atom. The highest BCUT2D eigenvalue weighted by Crippen LogP contribution is 2.23. The van der Waals surface area contributed by atoms with E-state index in [0.29, 0.717) is 49.6 Å². The van der Waals surface area contributed by atoms with Gasteiger partial charge in [-0.25, -0.2) is 13.2 Å². The van der Waals surface area contributed by atoms with E-state index in [1.807, 2.05) is 19.9 Å². The average Bonchev–Trinajstić information content (AvgIpc) is 2.72. The van der Waals surface area contributed by atoms with Crippen LogP contribution in [0.5, 0.6) is 0 Å². The summed E-state index contributed by atoms with van der Waals surface area (Å²) in [5, 5.41) is 0. The van der Waals surface area contributed by atoms with Crippen LogP contribution < -0.4 is 4.72 Å². The molecular weight excluding hydrogens is 430 g/mol. The fourth-order valence-electron chi connectivity index (χ4n) is 3.76. The predicted molar refractivity (Wildman–Crippen MR) is 122 cm³/mol. The largest absolute Gasteiger partial charge is 0.450 e. The maximum absolute atomic E-state index is 13.1. The number of carbonyl (C=O) groups is 2. The first-order valence-electron chi connectivity index (χ1n) is 10.5. The Labute approximate surface area is 189 Å². The zero-order valence-electron chi connectivity index (χ0n) is 18.8. The Kier molecular flexibility index (Phi) is 7.08. The SMILES string of the molecule is CCOC(=O)N1CCN(C(=O)c2ccc(C)c(S(=O)(=O)Nc3cc(C)cc(C)c3)c2)CC1. The molecular formula is C23H29N3O5S. The molecule has 0 spiro atoms. The van der Waals surface area contributed by atoms with Gasteiger partial charge in [-0.15, -0.1) is 0 Å². The number of anilines is 1. The van der Waals surface area contributed by atoms with E-state index in [1.54, 1.807) is 47.9 Å². The molecule has 2 aromatic carbocycles. The van der Waals surface area contributed by atoms with Gasteiger partial charge in [0.15, 0.2) is 0 Å². The molecule has 0 aromatic heterocycles. The standard InChI is InChI=1S/C23H29N3O5S/c1-5-31-23(28)26-10-8-25(9-11-26)22(27)19-7-6-18(4)21(15-19)32(29,30)24-20-13-16(2)12-17(3)14-20/h6-7,12-15,24H,5,8-11H2,1-4H3. The van der Waals surface area contributed by atoms with Crippen LogP contribution in [0.3, 0.4) is 0 Å². The summed E-state index contributed by atoms with van der Waals surface area (Å²) in [4.78, 5) is 28.1. The minimum Gasteiger partial charge on any atom is -0.450 e. The van der Waals surface area contributed by atoms with Crippen molar-refractivity contribution in [2.45, 2.75) is 32.6 Å². The van der Waals surface area contributed by atoms with E-state index in [1.165, 1.54) is 6.07 Å². The molecule has 0 bridgehead atoms. The highest BCUT2D eigenvalue weighted by atomic mass is 32.2. The second-order valence-electron chi connectivity index (χ2n) is 7.94. The summed E-state index contributed by atoms with van der Waals surface area (Å²) in [5.74, 6) is -0.267. The van der Waals surface area contributed by atoms with Crippen molar-refractivity contribution in [2.75, 3.05) is 37.5 Å². The molecule has 0 atom stereocenters. The van der Waals surface area contributed by atoms with Crippen LogP contribution in [0.25, 0.3) is 0 Å². The number of carbonyl (C=O) groups excluding carboxylic acids is 2. The van der Waals surface area contributed by atoms with Gasteiger partial charge in [0.05, 0.1) is 11.5 Å². The number of piperazine rings is 1. The predicted octanol–water partition coefficient (Wildman–Crippen LogP) is 3.33. The molecule has 1 heterocycles. The van der Waals surface area contributed by atoms with E-state index in [4.69, 9.17) is 4.74 Å². The molecule has 2 amide bonds. The molecule has 1 fully saturated rings. The number of ether oxygens (including phenoxy) is 1. The van der Waals surface area contributed by atoms with Crippen molar-refractivity contribution in [3.05, 3.63) is 58.7 Å². The number of aryl methyl sites for hydroxylation is 3. The third kappa shape index (κ3) is 5.40. The quantitative estimate of drug-likeness (QED) is 0.740. The zero-order valence-corrected chi connectivity index (χ0v) is 19.7. The summed E-state index contributed by atoms with van der Waals surface area (Å²) in [6.45, 7) is 9.00. The second kappa shape index (κ2) is 9.60. The van der Waals surface area contributed by atoms with E-state index < -0.39 is 10.0 Å². The van der Waals surface area contributed by atoms with Crippen LogP contribution >= 0.6 is 0 Å². The summed E-state index contributed by atoms with van der Waals surface area (Å²) >= 11 is 0. The van der Waals surface area contributed by atoms with Gasteiger partial charge in [0.2, 0.25) is 0 Å². The third-order valence-electron chi connectivity index (χ3n) is 5.29. The van der Waals surface area contributed by atoms with Crippen molar-refractivity contribution in [1.82, 2.24) is 9.80 Å². The van der Waals surface area contributed by atoms with E-state index in [-0.39, 0.29) is 16.9 Å². The molecule has 2 aromatic rings. The summed E-state index contributed by atoms with van der Waals surface area (Å²) in [6.07, 6.45) is -0.388. The molecule has 8 nitrogen and oxygen atoms in total. The molecule has 9 heteroatoms. The Morgan fingerprint density at radius 3 is 2.12 bits per heavy atom. The first-order valence-corrected chi connectivity index (χ1v) is 12.0. The van der Waals surface area contributed by atoms with Gasteiger partial charge < -0.3 is 14.5 Å². The molecule has 0 unspecified atom stereocenters. The number of rotatable bonds is 5. The monoisotopic (exact) mass is 459 g/mol. The van der Waals surface area contributed by atoms with Crippen LogP contribution in [0.15, 0.2) is 41.3 Å². The number of hydrogen-bond donors (Lipinski definition) is 1. The molecule has 1 aliphatic heterocycles. The topological polar surface area (TPSA) is 96.0 Å². The first-order chi connectivity index (χ1) is 15.1. The molecule has 32 heavy (non-hydrogen) atoms. The lowest BCUT2D eigenvalue weighted by molar-refractivity contribution is 0.0570. The number of hydrogen-bond acceptors (Lipinski definition) is 5. The molecule has 1 N–H and O–H groups in total. The zero-order chi connectivity index (χ0) is 23.5. The van der Waals surface area contributed by atoms with Crippen LogP contribution in [0, 0.1) is 20.8 Å². The maximum atomic E-state index is 13.1. The normalized spacial score (nSPS) is 14.2. The van der Waals surface area contributed by atoms with Gasteiger partial charge in [-0.05, 0) is 68.7 Å². The van der Waals surface area contributed by atoms with Crippen LogP contribution in [0.4, 0.5) is 10.5 Å². The number of sulfonamides is 1. The molecule has 3 rings (SSSR count). The fraction of sp³-hybridized carbons (Fsp3) is 0.391. The van der Waals surface area contributed by atoms with E-state index in [2.05, 4.69) is 4.72 Å².